The third-order valence-electron chi connectivity index (χ3n) is 15.5. The lowest BCUT2D eigenvalue weighted by Gasteiger charge is -2.26. The molecule has 0 saturated carbocycles. The fourth-order valence-corrected chi connectivity index (χ4v) is 10.0. The molecule has 0 N–H and O–H groups in total. The number of carboxylic acids is 1. The highest BCUT2D eigenvalue weighted by Crippen LogP contribution is 2.17. The molecule has 0 aromatic heterocycles. The lowest BCUT2D eigenvalue weighted by Crippen LogP contribution is -2.44. The van der Waals surface area contributed by atoms with Crippen LogP contribution in [0.15, 0.2) is 109 Å². The van der Waals surface area contributed by atoms with Gasteiger partial charge in [0.25, 0.3) is 0 Å². The standard InChI is InChI=1S/C78H135NO8/c1-6-8-10-12-14-16-18-20-22-24-26-28-30-32-34-35-36-37-38-39-40-41-43-45-47-49-51-53-55-57-59-61-63-65-67-69-76(81)87-74(73-86-78(77(82)83)84-71-70-79(3,4)5)72-85-75(80)68-66-64-62-60-58-56-54-52-50-48-46-44-42-33-31-29-27-25-23-21-19-17-15-13-11-9-7-2/h8,10,14,16,19-22,25-28,31-34,36-37,74,78H,6-7,9,11-13,15,17-18,23-24,29-30,35,38-73H2,1-5H3/b10-8-,16-14-,21-19-,22-20-,27-25-,28-26-,33-31-,34-32-,37-36-. The van der Waals surface area contributed by atoms with E-state index in [4.69, 9.17) is 18.9 Å². The third-order valence-corrected chi connectivity index (χ3v) is 15.5. The second-order valence-electron chi connectivity index (χ2n) is 25.1. The van der Waals surface area contributed by atoms with Crippen molar-refractivity contribution in [3.63, 3.8) is 0 Å². The first kappa shape index (κ1) is 83.0. The van der Waals surface area contributed by atoms with E-state index in [1.54, 1.807) is 0 Å². The highest BCUT2D eigenvalue weighted by molar-refractivity contribution is 5.70. The maximum absolute atomic E-state index is 12.9. The van der Waals surface area contributed by atoms with Gasteiger partial charge in [-0.1, -0.05) is 303 Å². The molecule has 0 rings (SSSR count). The molecule has 0 aromatic rings. The van der Waals surface area contributed by atoms with Crippen LogP contribution in [0.1, 0.15) is 309 Å². The molecule has 0 amide bonds. The van der Waals surface area contributed by atoms with Gasteiger partial charge in [-0.25, -0.2) is 0 Å². The molecule has 0 fully saturated rings. The van der Waals surface area contributed by atoms with E-state index in [1.807, 2.05) is 21.1 Å². The number of ether oxygens (including phenoxy) is 4. The van der Waals surface area contributed by atoms with Gasteiger partial charge in [0.05, 0.1) is 40.3 Å². The first-order valence-corrected chi connectivity index (χ1v) is 36.0. The molecule has 87 heavy (non-hydrogen) atoms. The predicted octanol–water partition coefficient (Wildman–Crippen LogP) is 21.2. The van der Waals surface area contributed by atoms with Crippen LogP contribution in [0.4, 0.5) is 0 Å². The van der Waals surface area contributed by atoms with Crippen molar-refractivity contribution in [2.75, 3.05) is 47.5 Å². The summed E-state index contributed by atoms with van der Waals surface area (Å²) < 4.78 is 22.8. The van der Waals surface area contributed by atoms with Crippen LogP contribution < -0.4 is 5.11 Å². The fraction of sp³-hybridized carbons (Fsp3) is 0.731. The van der Waals surface area contributed by atoms with Gasteiger partial charge in [0.2, 0.25) is 0 Å². The Morgan fingerprint density at radius 1 is 0.356 bits per heavy atom. The number of carbonyl (C=O) groups excluding carboxylic acids is 3. The van der Waals surface area contributed by atoms with E-state index in [9.17, 15) is 19.5 Å². The summed E-state index contributed by atoms with van der Waals surface area (Å²) in [5.41, 5.74) is 0. The molecule has 500 valence electrons. The molecule has 2 unspecified atom stereocenters. The summed E-state index contributed by atoms with van der Waals surface area (Å²) in [5.74, 6) is -2.28. The number of unbranched alkanes of at least 4 members (excludes halogenated alkanes) is 33. The van der Waals surface area contributed by atoms with Crippen molar-refractivity contribution >= 4 is 17.9 Å². The topological polar surface area (TPSA) is 111 Å². The van der Waals surface area contributed by atoms with E-state index in [2.05, 4.69) is 123 Å². The third kappa shape index (κ3) is 69.3. The number of quaternary nitrogens is 1. The Morgan fingerprint density at radius 3 is 0.977 bits per heavy atom. The van der Waals surface area contributed by atoms with E-state index in [0.29, 0.717) is 17.4 Å². The van der Waals surface area contributed by atoms with Crippen LogP contribution in [-0.2, 0) is 33.3 Å². The maximum atomic E-state index is 12.9. The molecule has 2 atom stereocenters. The molecule has 0 aliphatic rings. The van der Waals surface area contributed by atoms with E-state index >= 15 is 0 Å². The van der Waals surface area contributed by atoms with Crippen molar-refractivity contribution in [2.45, 2.75) is 322 Å². The lowest BCUT2D eigenvalue weighted by molar-refractivity contribution is -0.870. The Morgan fingerprint density at radius 2 is 0.655 bits per heavy atom. The van der Waals surface area contributed by atoms with Crippen LogP contribution in [0.5, 0.6) is 0 Å². The Hall–Kier alpha value is -4.05. The molecule has 9 nitrogen and oxygen atoms in total. The Kier molecular flexibility index (Phi) is 64.7. The highest BCUT2D eigenvalue weighted by atomic mass is 16.7. The van der Waals surface area contributed by atoms with Gasteiger partial charge in [-0.05, 0) is 103 Å². The van der Waals surface area contributed by atoms with Gasteiger partial charge < -0.3 is 33.3 Å². The van der Waals surface area contributed by atoms with Gasteiger partial charge in [0.1, 0.15) is 13.2 Å². The second-order valence-corrected chi connectivity index (χ2v) is 25.1. The Labute approximate surface area is 536 Å². The molecule has 0 heterocycles. The molecular weight excluding hydrogens is 1080 g/mol. The molecule has 0 bridgehead atoms. The lowest BCUT2D eigenvalue weighted by atomic mass is 10.0. The summed E-state index contributed by atoms with van der Waals surface area (Å²) in [6.45, 7) is 4.65. The number of likely N-dealkylation sites (N-methyl/N-ethyl adjacent to an activating group) is 1. The highest BCUT2D eigenvalue weighted by Gasteiger charge is 2.22. The minimum absolute atomic E-state index is 0.144. The van der Waals surface area contributed by atoms with E-state index in [-0.39, 0.29) is 38.6 Å². The minimum Gasteiger partial charge on any atom is -0.545 e. The van der Waals surface area contributed by atoms with Crippen LogP contribution in [-0.4, -0.2) is 82.3 Å². The zero-order valence-corrected chi connectivity index (χ0v) is 57.1. The number of carboxylic acid groups (broad SMARTS) is 1. The van der Waals surface area contributed by atoms with Gasteiger partial charge in [-0.3, -0.25) is 9.59 Å². The van der Waals surface area contributed by atoms with Gasteiger partial charge in [0, 0.05) is 12.8 Å². The van der Waals surface area contributed by atoms with E-state index in [1.165, 1.54) is 186 Å². The molecule has 0 saturated heterocycles. The van der Waals surface area contributed by atoms with Crippen LogP contribution >= 0.6 is 0 Å². The van der Waals surface area contributed by atoms with Crippen LogP contribution in [0.25, 0.3) is 0 Å². The van der Waals surface area contributed by atoms with Crippen molar-refractivity contribution in [1.29, 1.82) is 0 Å². The van der Waals surface area contributed by atoms with Crippen molar-refractivity contribution in [3.05, 3.63) is 109 Å². The molecule has 0 spiro atoms. The molecule has 0 aromatic carbocycles. The smallest absolute Gasteiger partial charge is 0.306 e. The second kappa shape index (κ2) is 67.9. The SMILES string of the molecule is CC/C=C\C/C=C\C/C=C\C/C=C\C/C=C\C/C=C\CCCCCCCCCCCCCCCCCCC(=O)OC(COC(=O)CCCCCCCCCCCCCC/C=C\C/C=C\C/C=C\CCCCCCC)COC(OCC[N+](C)(C)C)C(=O)[O-]. The molecule has 0 aliphatic carbocycles. The van der Waals surface area contributed by atoms with E-state index < -0.39 is 24.3 Å². The predicted molar refractivity (Wildman–Crippen MR) is 370 cm³/mol. The number of esters is 2. The largest absolute Gasteiger partial charge is 0.545 e. The number of nitrogens with zero attached hydrogens (tertiary/aromatic N) is 1. The van der Waals surface area contributed by atoms with Crippen molar-refractivity contribution in [2.24, 2.45) is 0 Å². The van der Waals surface area contributed by atoms with Crippen LogP contribution in [0.3, 0.4) is 0 Å². The summed E-state index contributed by atoms with van der Waals surface area (Å²) in [5, 5.41) is 11.8. The molecular formula is C78H135NO8. The van der Waals surface area contributed by atoms with Gasteiger partial charge in [-0.15, -0.1) is 0 Å². The average molecular weight is 1210 g/mol. The number of carbonyl (C=O) groups is 3. The minimum atomic E-state index is -1.63. The summed E-state index contributed by atoms with van der Waals surface area (Å²) in [6, 6.07) is 0. The first-order chi connectivity index (χ1) is 42.6. The Balaban J connectivity index is 4.10. The number of rotatable bonds is 66. The number of allylic oxidation sites excluding steroid dienone is 18. The van der Waals surface area contributed by atoms with Crippen molar-refractivity contribution < 1.29 is 42.9 Å². The summed E-state index contributed by atoms with van der Waals surface area (Å²) >= 11 is 0. The first-order valence-electron chi connectivity index (χ1n) is 36.0. The van der Waals surface area contributed by atoms with Crippen LogP contribution in [0, 0.1) is 0 Å². The fourth-order valence-electron chi connectivity index (χ4n) is 10.0. The Bertz CT molecular complexity index is 1800. The maximum Gasteiger partial charge on any atom is 0.306 e. The zero-order valence-electron chi connectivity index (χ0n) is 57.1. The van der Waals surface area contributed by atoms with Crippen molar-refractivity contribution in [1.82, 2.24) is 0 Å². The van der Waals surface area contributed by atoms with Gasteiger partial charge >= 0.3 is 11.9 Å². The number of hydrogen-bond acceptors (Lipinski definition) is 8. The van der Waals surface area contributed by atoms with Gasteiger partial charge in [0.15, 0.2) is 12.4 Å². The average Bonchev–Trinajstić information content (AvgIpc) is 3.56. The van der Waals surface area contributed by atoms with Crippen molar-refractivity contribution in [3.8, 4) is 0 Å². The summed E-state index contributed by atoms with van der Waals surface area (Å²) in [4.78, 5) is 37.5. The molecule has 0 radical (unpaired) electrons. The van der Waals surface area contributed by atoms with Gasteiger partial charge in [-0.2, -0.15) is 0 Å². The molecule has 0 aliphatic heterocycles. The van der Waals surface area contributed by atoms with E-state index in [0.717, 1.165) is 89.9 Å². The quantitative estimate of drug-likeness (QED) is 0.0195. The summed E-state index contributed by atoms with van der Waals surface area (Å²) in [6.07, 6.45) is 91.7. The number of hydrogen-bond donors (Lipinski definition) is 0. The molecule has 9 heteroatoms. The zero-order chi connectivity index (χ0) is 63.3. The summed E-state index contributed by atoms with van der Waals surface area (Å²) in [7, 11) is 5.93. The number of aliphatic carboxylic acids is 1. The normalized spacial score (nSPS) is 13.3. The van der Waals surface area contributed by atoms with Crippen LogP contribution in [0.2, 0.25) is 0 Å². The monoisotopic (exact) mass is 1210 g/mol.